The third kappa shape index (κ3) is 18.4. The minimum absolute atomic E-state index is 0.00117. The van der Waals surface area contributed by atoms with Crippen LogP contribution in [0.5, 0.6) is 17.2 Å². The molecule has 2 saturated heterocycles. The number of carbonyl (C=O) groups excluding carboxylic acids is 11. The lowest BCUT2D eigenvalue weighted by Crippen LogP contribution is -2.54. The summed E-state index contributed by atoms with van der Waals surface area (Å²) in [4.78, 5) is 152. The number of nitrogens with one attached hydrogen (secondary N) is 4. The smallest absolute Gasteiger partial charge is 0.488 e. The van der Waals surface area contributed by atoms with Crippen molar-refractivity contribution in [1.82, 2.24) is 30.7 Å². The average Bonchev–Trinajstić information content (AvgIpc) is 1.58. The molecule has 5 heterocycles. The fourth-order valence-electron chi connectivity index (χ4n) is 12.5. The van der Waals surface area contributed by atoms with Gasteiger partial charge in [-0.05, 0) is 105 Å². The van der Waals surface area contributed by atoms with Crippen LogP contribution in [0.15, 0.2) is 109 Å². The zero-order chi connectivity index (χ0) is 73.6. The van der Waals surface area contributed by atoms with Gasteiger partial charge in [0.15, 0.2) is 24.0 Å². The Morgan fingerprint density at radius 2 is 1.20 bits per heavy atom. The normalized spacial score (nSPS) is 18.1. The fourth-order valence-corrected chi connectivity index (χ4v) is 12.7. The number of nitrogens with zero attached hydrogens (tertiary/aromatic N) is 5. The SMILES string of the molecule is C=C1C[C@H]2C(O)N(C(=O)OCc3ccc(B(O)O)cc3)c3cc(OCCCCCOc4cc5c(cc4C(=O)S)C(=O)N4CC(=C)C[C@H]4C(O)N5C(=O)OCc4ccc(NC(=O)[C@H](CCCNC(N)=O)NC(=O)[C@@H](NC(=O)CCCCCN5C(=O)C=CC5=O)C(C)C)cc4)c(OC)cc3C(=O)N2C1. The van der Waals surface area contributed by atoms with Crippen LogP contribution < -0.4 is 56.5 Å². The van der Waals surface area contributed by atoms with Gasteiger partial charge in [-0.2, -0.15) is 0 Å². The van der Waals surface area contributed by atoms with Gasteiger partial charge in [0.1, 0.15) is 31.0 Å². The maximum atomic E-state index is 14.4. The van der Waals surface area contributed by atoms with Crippen molar-refractivity contribution in [3.05, 3.63) is 137 Å². The van der Waals surface area contributed by atoms with Gasteiger partial charge in [-0.25, -0.2) is 24.2 Å². The predicted molar refractivity (Wildman–Crippen MR) is 373 cm³/mol. The molecule has 0 saturated carbocycles. The van der Waals surface area contributed by atoms with E-state index in [0.29, 0.717) is 60.8 Å². The molecule has 5 aliphatic heterocycles. The molecule has 2 fully saturated rings. The molecule has 0 spiro atoms. The van der Waals surface area contributed by atoms with Crippen LogP contribution >= 0.6 is 12.6 Å². The molecular weight excluding hydrogens is 1340 g/mol. The summed E-state index contributed by atoms with van der Waals surface area (Å²) < 4.78 is 29.5. The summed E-state index contributed by atoms with van der Waals surface area (Å²) in [6.07, 6.45) is 0.446. The molecule has 0 aliphatic carbocycles. The van der Waals surface area contributed by atoms with Crippen molar-refractivity contribution in [2.24, 2.45) is 11.7 Å². The Morgan fingerprint density at radius 3 is 1.73 bits per heavy atom. The molecule has 9 rings (SSSR count). The number of aliphatic hydroxyl groups excluding tert-OH is 2. The van der Waals surface area contributed by atoms with Gasteiger partial charge in [-0.3, -0.25) is 43.3 Å². The van der Waals surface area contributed by atoms with E-state index in [2.05, 4.69) is 47.1 Å². The van der Waals surface area contributed by atoms with Gasteiger partial charge >= 0.3 is 25.3 Å². The number of thiol groups is 1. The number of ether oxygens (including phenoxy) is 5. The van der Waals surface area contributed by atoms with Gasteiger partial charge in [0, 0.05) is 62.6 Å². The van der Waals surface area contributed by atoms with Crippen LogP contribution in [0.4, 0.5) is 31.4 Å². The van der Waals surface area contributed by atoms with E-state index in [0.717, 1.165) is 14.7 Å². The summed E-state index contributed by atoms with van der Waals surface area (Å²) in [7, 11) is -0.320. The Balaban J connectivity index is 0.823. The minimum atomic E-state index is -1.70. The second kappa shape index (κ2) is 34.4. The van der Waals surface area contributed by atoms with Crippen LogP contribution in [0, 0.1) is 5.92 Å². The van der Waals surface area contributed by atoms with Crippen molar-refractivity contribution in [3.63, 3.8) is 0 Å². The van der Waals surface area contributed by atoms with Crippen molar-refractivity contribution in [2.45, 2.75) is 134 Å². The number of hydrogen-bond donors (Lipinski definition) is 10. The average molecular weight is 1430 g/mol. The maximum Gasteiger partial charge on any atom is 0.488 e. The first-order valence-corrected chi connectivity index (χ1v) is 33.8. The molecular formula is C70H83BN10O20S. The van der Waals surface area contributed by atoms with Crippen molar-refractivity contribution < 1.29 is 96.7 Å². The number of benzene rings is 4. The highest BCUT2D eigenvalue weighted by atomic mass is 32.1. The number of imide groups is 1. The Labute approximate surface area is 593 Å². The molecule has 0 bridgehead atoms. The van der Waals surface area contributed by atoms with Crippen LogP contribution in [0.25, 0.3) is 0 Å². The predicted octanol–water partition coefficient (Wildman–Crippen LogP) is 4.06. The maximum absolute atomic E-state index is 14.4. The first kappa shape index (κ1) is 75.9. The first-order valence-electron chi connectivity index (χ1n) is 33.4. The second-order valence-electron chi connectivity index (χ2n) is 25.6. The van der Waals surface area contributed by atoms with E-state index in [4.69, 9.17) is 29.4 Å². The van der Waals surface area contributed by atoms with Gasteiger partial charge in [-0.15, -0.1) is 12.6 Å². The summed E-state index contributed by atoms with van der Waals surface area (Å²) in [6, 6.07) is 12.7. The van der Waals surface area contributed by atoms with Gasteiger partial charge in [0.25, 0.3) is 23.6 Å². The lowest BCUT2D eigenvalue weighted by Gasteiger charge is -2.31. The highest BCUT2D eigenvalue weighted by molar-refractivity contribution is 7.97. The lowest BCUT2D eigenvalue weighted by atomic mass is 9.80. The molecule has 542 valence electrons. The fraction of sp³-hybridized carbons (Fsp3) is 0.414. The van der Waals surface area contributed by atoms with E-state index in [1.165, 1.54) is 77.6 Å². The number of unbranched alkanes of at least 4 members (excludes halogenated alkanes) is 4. The van der Waals surface area contributed by atoms with Crippen molar-refractivity contribution in [1.29, 1.82) is 0 Å². The van der Waals surface area contributed by atoms with Gasteiger partial charge < -0.3 is 80.7 Å². The number of methoxy groups -OCH3 is 1. The topological polar surface area (TPSA) is 405 Å². The molecule has 0 aromatic heterocycles. The monoisotopic (exact) mass is 1430 g/mol. The molecule has 10 N–H and O–H groups in total. The minimum Gasteiger partial charge on any atom is -0.493 e. The summed E-state index contributed by atoms with van der Waals surface area (Å²) >= 11 is 4.10. The summed E-state index contributed by atoms with van der Waals surface area (Å²) in [5, 5.41) is 52.9. The number of amides is 11. The number of rotatable bonds is 31. The number of carbonyl (C=O) groups is 11. The zero-order valence-electron chi connectivity index (χ0n) is 56.6. The third-order valence-electron chi connectivity index (χ3n) is 17.9. The Kier molecular flexibility index (Phi) is 25.6. The molecule has 30 nitrogen and oxygen atoms in total. The summed E-state index contributed by atoms with van der Waals surface area (Å²) in [5.74, 6) is -3.74. The van der Waals surface area contributed by atoms with Crippen LogP contribution in [-0.4, -0.2) is 190 Å². The van der Waals surface area contributed by atoms with Crippen LogP contribution in [0.1, 0.15) is 127 Å². The second-order valence-corrected chi connectivity index (χ2v) is 26.0. The molecule has 11 amide bonds. The quantitative estimate of drug-likeness (QED) is 0.0112. The number of anilines is 3. The molecule has 6 atom stereocenters. The van der Waals surface area contributed by atoms with E-state index in [1.807, 2.05) is 0 Å². The number of fused-ring (bicyclic) bond motifs is 4. The molecule has 32 heteroatoms. The molecule has 0 radical (unpaired) electrons. The highest BCUT2D eigenvalue weighted by Crippen LogP contribution is 2.43. The first-order chi connectivity index (χ1) is 48.7. The van der Waals surface area contributed by atoms with Crippen LogP contribution in [-0.2, 0) is 46.7 Å². The third-order valence-corrected chi connectivity index (χ3v) is 18.1. The van der Waals surface area contributed by atoms with Crippen LogP contribution in [0.3, 0.4) is 0 Å². The summed E-state index contributed by atoms with van der Waals surface area (Å²) in [6.45, 7) is 11.4. The molecule has 4 aromatic rings. The van der Waals surface area contributed by atoms with Crippen LogP contribution in [0.2, 0.25) is 0 Å². The highest BCUT2D eigenvalue weighted by Gasteiger charge is 2.48. The molecule has 5 aliphatic rings. The van der Waals surface area contributed by atoms with Crippen molar-refractivity contribution >= 4 is 107 Å². The van der Waals surface area contributed by atoms with E-state index < -0.39 is 103 Å². The van der Waals surface area contributed by atoms with Crippen molar-refractivity contribution in [2.75, 3.05) is 61.6 Å². The molecule has 102 heavy (non-hydrogen) atoms. The molecule has 2 unspecified atom stereocenters. The zero-order valence-corrected chi connectivity index (χ0v) is 57.5. The van der Waals surface area contributed by atoms with E-state index in [1.54, 1.807) is 38.1 Å². The number of hydrogen-bond acceptors (Lipinski definition) is 20. The van der Waals surface area contributed by atoms with Gasteiger partial charge in [0.2, 0.25) is 22.8 Å². The Bertz CT molecular complexity index is 3910. The van der Waals surface area contributed by atoms with Crippen molar-refractivity contribution in [3.8, 4) is 17.2 Å². The number of nitrogens with two attached hydrogens (primary N) is 1. The number of primary amides is 1. The van der Waals surface area contributed by atoms with Gasteiger partial charge in [-0.1, -0.05) is 81.0 Å². The largest absolute Gasteiger partial charge is 0.493 e. The molecule has 4 aromatic carbocycles. The summed E-state index contributed by atoms with van der Waals surface area (Å²) in [5.41, 5.74) is 7.62. The van der Waals surface area contributed by atoms with E-state index in [-0.39, 0.29) is 153 Å². The Morgan fingerprint density at radius 1 is 0.667 bits per heavy atom. The lowest BCUT2D eigenvalue weighted by molar-refractivity contribution is -0.137. The van der Waals surface area contributed by atoms with E-state index in [9.17, 15) is 73.0 Å². The Hall–Kier alpha value is -10.3. The van der Waals surface area contributed by atoms with Gasteiger partial charge in [0.05, 0.1) is 60.5 Å². The standard InChI is InChI=1S/C70H83BN10O20S/c1-39(2)60(76-57(82)14-8-6-9-26-77-58(83)23-24-59(77)84)62(86)75-49(13-12-25-73-68(72)92)61(85)74-45-21-17-43(18-22-45)38-101-69(93)80-50-33-54(48(67(91)102)31-46(50)63(87)78-35-40(3)29-52(78)65(80)89)98-27-10-7-11-28-99-56-34-51-47(32-55(56)97-5)64(88)79-36-41(4)30-53(79)66(90)81(51)70(94)100-37-42-15-19-44(20-16-42)71(95)96/h15-24,31-34,39,49,52-53,60,65-66,89-90,95-96H,3-4,6-14,25-30,35-38H2,1-2,5H3,(H,74,85)(H,75,86)(H,76,82)(H,91,102)(H3,72,73,92)/t49-,52-,53-,60-,65?,66?/m0/s1. The number of aliphatic hydroxyl groups is 2. The van der Waals surface area contributed by atoms with E-state index >= 15 is 0 Å². The number of urea groups is 1.